The molecule has 2 saturated carbocycles. The van der Waals surface area contributed by atoms with E-state index in [0.29, 0.717) is 29.2 Å². The van der Waals surface area contributed by atoms with Crippen molar-refractivity contribution in [3.63, 3.8) is 0 Å². The summed E-state index contributed by atoms with van der Waals surface area (Å²) in [5, 5.41) is 13.7. The van der Waals surface area contributed by atoms with E-state index in [1.165, 1.54) is 50.6 Å². The Kier molecular flexibility index (Phi) is 3.36. The molecular weight excluding hydrogens is 308 g/mol. The van der Waals surface area contributed by atoms with Crippen molar-refractivity contribution in [2.45, 2.75) is 58.4 Å². The summed E-state index contributed by atoms with van der Waals surface area (Å²) >= 11 is 0. The highest BCUT2D eigenvalue weighted by Gasteiger charge is 2.64. The Labute approximate surface area is 151 Å². The maximum Gasteiger partial charge on any atom is 0.0835 e. The van der Waals surface area contributed by atoms with Gasteiger partial charge in [0.05, 0.1) is 5.71 Å². The molecule has 5 rings (SSSR count). The summed E-state index contributed by atoms with van der Waals surface area (Å²) in [4.78, 5) is 2.60. The smallest absolute Gasteiger partial charge is 0.0835 e. The molecular formula is C22H32N2O. The number of likely N-dealkylation sites (tertiary alicyclic amines) is 1. The summed E-state index contributed by atoms with van der Waals surface area (Å²) < 4.78 is 0. The average Bonchev–Trinajstić information content (AvgIpc) is 3.08. The van der Waals surface area contributed by atoms with E-state index in [1.54, 1.807) is 0 Å². The zero-order chi connectivity index (χ0) is 17.4. The van der Waals surface area contributed by atoms with Crippen molar-refractivity contribution in [1.29, 1.82) is 0 Å². The molecule has 0 aromatic carbocycles. The number of allylic oxidation sites excluding steroid dienone is 4. The van der Waals surface area contributed by atoms with E-state index in [4.69, 9.17) is 0 Å². The molecule has 1 heterocycles. The summed E-state index contributed by atoms with van der Waals surface area (Å²) in [7, 11) is 2.31. The summed E-state index contributed by atoms with van der Waals surface area (Å²) in [5.41, 5.74) is 3.15. The number of hydrogen-bond acceptors (Lipinski definition) is 3. The number of rotatable bonds is 0. The van der Waals surface area contributed by atoms with Crippen LogP contribution in [0.4, 0.5) is 0 Å². The van der Waals surface area contributed by atoms with E-state index in [2.05, 4.69) is 49.2 Å². The highest BCUT2D eigenvalue weighted by molar-refractivity contribution is 5.99. The molecule has 1 saturated heterocycles. The molecule has 1 spiro atoms. The van der Waals surface area contributed by atoms with E-state index in [-0.39, 0.29) is 5.41 Å². The fourth-order valence-corrected chi connectivity index (χ4v) is 7.97. The zero-order valence-electron chi connectivity index (χ0n) is 15.9. The van der Waals surface area contributed by atoms with Crippen LogP contribution in [0.2, 0.25) is 0 Å². The SMILES string of the molecule is C[C@H]1[C@H]2CC[C@H]3[C@@H]4C(=NO)C=C5C=CCC[C@]5(C)[C@H]4CC[C@]23CN1C. The number of fused-ring (bicyclic) bond motifs is 4. The molecule has 1 N–H and O–H groups in total. The Morgan fingerprint density at radius 3 is 2.76 bits per heavy atom. The molecule has 0 aromatic rings. The molecule has 3 nitrogen and oxygen atoms in total. The van der Waals surface area contributed by atoms with Gasteiger partial charge in [0.25, 0.3) is 0 Å². The molecule has 3 heteroatoms. The van der Waals surface area contributed by atoms with Crippen molar-refractivity contribution in [3.05, 3.63) is 23.8 Å². The van der Waals surface area contributed by atoms with Crippen LogP contribution in [0.1, 0.15) is 52.4 Å². The number of hydrogen-bond donors (Lipinski definition) is 1. The van der Waals surface area contributed by atoms with Gasteiger partial charge in [-0.15, -0.1) is 0 Å². The minimum Gasteiger partial charge on any atom is -0.411 e. The minimum absolute atomic E-state index is 0.281. The van der Waals surface area contributed by atoms with E-state index < -0.39 is 0 Å². The molecule has 5 aliphatic rings. The first-order valence-electron chi connectivity index (χ1n) is 10.3. The van der Waals surface area contributed by atoms with Gasteiger partial charge in [-0.1, -0.05) is 24.2 Å². The van der Waals surface area contributed by atoms with Crippen molar-refractivity contribution < 1.29 is 5.21 Å². The van der Waals surface area contributed by atoms with Gasteiger partial charge in [-0.05, 0) is 92.7 Å². The number of oxime groups is 1. The van der Waals surface area contributed by atoms with Gasteiger partial charge in [0.1, 0.15) is 0 Å². The second-order valence-corrected chi connectivity index (χ2v) is 9.83. The quantitative estimate of drug-likeness (QED) is 0.521. The van der Waals surface area contributed by atoms with Crippen LogP contribution in [0.5, 0.6) is 0 Å². The van der Waals surface area contributed by atoms with Gasteiger partial charge < -0.3 is 10.1 Å². The summed E-state index contributed by atoms with van der Waals surface area (Å²) in [6.45, 7) is 6.17. The first-order valence-corrected chi connectivity index (χ1v) is 10.3. The molecule has 0 bridgehead atoms. The fourth-order valence-electron chi connectivity index (χ4n) is 7.97. The normalized spacial score (nSPS) is 53.2. The number of nitrogens with zero attached hydrogens (tertiary/aromatic N) is 2. The van der Waals surface area contributed by atoms with E-state index in [9.17, 15) is 5.21 Å². The van der Waals surface area contributed by atoms with Crippen molar-refractivity contribution in [1.82, 2.24) is 4.90 Å². The maximum absolute atomic E-state index is 9.88. The van der Waals surface area contributed by atoms with Gasteiger partial charge in [-0.25, -0.2) is 0 Å². The lowest BCUT2D eigenvalue weighted by atomic mass is 9.47. The monoisotopic (exact) mass is 340 g/mol. The molecule has 25 heavy (non-hydrogen) atoms. The second-order valence-electron chi connectivity index (χ2n) is 9.83. The lowest BCUT2D eigenvalue weighted by Crippen LogP contribution is -2.53. The summed E-state index contributed by atoms with van der Waals surface area (Å²) in [6, 6.07) is 0.707. The van der Waals surface area contributed by atoms with Gasteiger partial charge in [-0.2, -0.15) is 0 Å². The van der Waals surface area contributed by atoms with Crippen LogP contribution in [0, 0.1) is 34.5 Å². The van der Waals surface area contributed by atoms with Gasteiger partial charge in [0.15, 0.2) is 0 Å². The summed E-state index contributed by atoms with van der Waals surface area (Å²) in [5.74, 6) is 2.66. The average molecular weight is 341 g/mol. The molecule has 7 atom stereocenters. The largest absolute Gasteiger partial charge is 0.411 e. The van der Waals surface area contributed by atoms with Gasteiger partial charge >= 0.3 is 0 Å². The van der Waals surface area contributed by atoms with Crippen LogP contribution in [-0.2, 0) is 0 Å². The van der Waals surface area contributed by atoms with Crippen LogP contribution in [0.25, 0.3) is 0 Å². The topological polar surface area (TPSA) is 35.8 Å². The first kappa shape index (κ1) is 16.1. The van der Waals surface area contributed by atoms with Crippen LogP contribution in [0.3, 0.4) is 0 Å². The molecule has 0 amide bonds. The molecule has 3 fully saturated rings. The lowest BCUT2D eigenvalue weighted by Gasteiger charge is -2.56. The third kappa shape index (κ3) is 1.88. The van der Waals surface area contributed by atoms with Crippen molar-refractivity contribution in [2.24, 2.45) is 39.7 Å². The predicted octanol–water partition coefficient (Wildman–Crippen LogP) is 4.49. The van der Waals surface area contributed by atoms with Crippen LogP contribution in [0.15, 0.2) is 29.0 Å². The zero-order valence-corrected chi connectivity index (χ0v) is 15.9. The van der Waals surface area contributed by atoms with Gasteiger partial charge in [-0.3, -0.25) is 0 Å². The Morgan fingerprint density at radius 1 is 1.16 bits per heavy atom. The Morgan fingerprint density at radius 2 is 1.96 bits per heavy atom. The molecule has 4 aliphatic carbocycles. The highest BCUT2D eigenvalue weighted by atomic mass is 16.4. The van der Waals surface area contributed by atoms with E-state index in [1.807, 2.05) is 0 Å². The van der Waals surface area contributed by atoms with E-state index in [0.717, 1.165) is 11.6 Å². The second kappa shape index (κ2) is 5.22. The predicted molar refractivity (Wildman–Crippen MR) is 101 cm³/mol. The molecule has 136 valence electrons. The molecule has 0 aromatic heterocycles. The van der Waals surface area contributed by atoms with Gasteiger partial charge in [0, 0.05) is 18.5 Å². The lowest BCUT2D eigenvalue weighted by molar-refractivity contribution is -0.00162. The fraction of sp³-hybridized carbons (Fsp3) is 0.773. The van der Waals surface area contributed by atoms with E-state index >= 15 is 0 Å². The van der Waals surface area contributed by atoms with Crippen LogP contribution in [-0.4, -0.2) is 35.5 Å². The van der Waals surface area contributed by atoms with Crippen molar-refractivity contribution in [3.8, 4) is 0 Å². The highest BCUT2D eigenvalue weighted by Crippen LogP contribution is 2.67. The Balaban J connectivity index is 1.60. The molecule has 1 aliphatic heterocycles. The Bertz CT molecular complexity index is 680. The van der Waals surface area contributed by atoms with Crippen molar-refractivity contribution in [2.75, 3.05) is 13.6 Å². The van der Waals surface area contributed by atoms with Crippen LogP contribution >= 0.6 is 0 Å². The summed E-state index contributed by atoms with van der Waals surface area (Å²) in [6.07, 6.45) is 14.7. The van der Waals surface area contributed by atoms with Crippen LogP contribution < -0.4 is 0 Å². The van der Waals surface area contributed by atoms with Crippen molar-refractivity contribution >= 4 is 5.71 Å². The Hall–Kier alpha value is -1.09. The first-order chi connectivity index (χ1) is 12.0. The maximum atomic E-state index is 9.88. The minimum atomic E-state index is 0.281. The molecule has 0 radical (unpaired) electrons. The third-order valence-electron chi connectivity index (χ3n) is 9.24. The van der Waals surface area contributed by atoms with Gasteiger partial charge in [0.2, 0.25) is 0 Å². The third-order valence-corrected chi connectivity index (χ3v) is 9.24. The standard InChI is InChI=1S/C22H32N2O/c1-14-16-7-8-18-20-17(9-11-22(16,18)13-24(14)3)21(2)10-5-4-6-15(21)12-19(20)23-25/h4,6,12,14,16-18,20,25H,5,7-11,13H2,1-3H3/t14-,16+,17-,18-,20+,21-,22-/m0/s1. The molecule has 0 unspecified atom stereocenters.